The summed E-state index contributed by atoms with van der Waals surface area (Å²) in [5, 5.41) is 11.1. The van der Waals surface area contributed by atoms with Crippen LogP contribution in [0.15, 0.2) is 18.2 Å². The molecule has 0 atom stereocenters. The number of likely N-dealkylation sites (tertiary alicyclic amines) is 1. The maximum absolute atomic E-state index is 11.1. The number of nitrogens with two attached hydrogens (primary N) is 1. The van der Waals surface area contributed by atoms with Crippen molar-refractivity contribution in [3.05, 3.63) is 39.4 Å². The van der Waals surface area contributed by atoms with Crippen LogP contribution in [-0.4, -0.2) is 33.1 Å². The van der Waals surface area contributed by atoms with Gasteiger partial charge in [-0.25, -0.2) is 0 Å². The minimum atomic E-state index is -0.676. The van der Waals surface area contributed by atoms with Crippen LogP contribution in [0.1, 0.15) is 28.8 Å². The molecule has 1 aromatic rings. The number of nitrogens with zero attached hydrogens (tertiary/aromatic N) is 2. The van der Waals surface area contributed by atoms with E-state index in [1.165, 1.54) is 23.9 Å². The van der Waals surface area contributed by atoms with Crippen molar-refractivity contribution < 1.29 is 9.72 Å². The zero-order valence-corrected chi connectivity index (χ0v) is 12.9. The van der Waals surface area contributed by atoms with Gasteiger partial charge in [0.25, 0.3) is 5.69 Å². The molecule has 1 amide bonds. The van der Waals surface area contributed by atoms with Crippen LogP contribution in [0, 0.1) is 10.1 Å². The number of hydrogen-bond donors (Lipinski definition) is 1. The molecule has 8 heteroatoms. The highest BCUT2D eigenvalue weighted by molar-refractivity contribution is 8.22. The van der Waals surface area contributed by atoms with E-state index in [9.17, 15) is 14.9 Å². The number of benzene rings is 1. The van der Waals surface area contributed by atoms with E-state index in [1.807, 2.05) is 0 Å². The van der Waals surface area contributed by atoms with Crippen molar-refractivity contribution in [2.45, 2.75) is 18.6 Å². The van der Waals surface area contributed by atoms with Crippen LogP contribution in [0.2, 0.25) is 0 Å². The number of rotatable bonds is 4. The topological polar surface area (TPSA) is 89.5 Å². The van der Waals surface area contributed by atoms with Gasteiger partial charge < -0.3 is 10.6 Å². The zero-order chi connectivity index (χ0) is 15.4. The maximum atomic E-state index is 11.1. The molecule has 21 heavy (non-hydrogen) atoms. The summed E-state index contributed by atoms with van der Waals surface area (Å²) in [6.45, 7) is 1.91. The molecule has 2 N–H and O–H groups in total. The van der Waals surface area contributed by atoms with Gasteiger partial charge in [0.15, 0.2) is 0 Å². The lowest BCUT2D eigenvalue weighted by Gasteiger charge is -2.17. The van der Waals surface area contributed by atoms with Crippen molar-refractivity contribution in [1.82, 2.24) is 4.90 Å². The molecule has 1 aromatic carbocycles. The monoisotopic (exact) mass is 325 g/mol. The Hall–Kier alpha value is -1.67. The van der Waals surface area contributed by atoms with Gasteiger partial charge in [0.2, 0.25) is 5.91 Å². The summed E-state index contributed by atoms with van der Waals surface area (Å²) in [4.78, 5) is 23.8. The molecule has 0 saturated carbocycles. The predicted octanol–water partition coefficient (Wildman–Crippen LogP) is 2.31. The van der Waals surface area contributed by atoms with Gasteiger partial charge in [0.1, 0.15) is 4.32 Å². The van der Waals surface area contributed by atoms with Gasteiger partial charge in [-0.3, -0.25) is 14.9 Å². The van der Waals surface area contributed by atoms with Crippen molar-refractivity contribution in [3.8, 4) is 0 Å². The molecule has 1 fully saturated rings. The van der Waals surface area contributed by atoms with Crippen LogP contribution in [0.3, 0.4) is 0 Å². The fraction of sp³-hybridized carbons (Fsp3) is 0.385. The molecule has 0 spiro atoms. The molecule has 0 radical (unpaired) electrons. The molecule has 1 heterocycles. The number of hydrogen-bond acceptors (Lipinski definition) is 5. The molecule has 0 aliphatic carbocycles. The fourth-order valence-corrected chi connectivity index (χ4v) is 3.39. The molecule has 112 valence electrons. The minimum Gasteiger partial charge on any atom is -0.366 e. The summed E-state index contributed by atoms with van der Waals surface area (Å²) < 4.78 is 0.765. The first-order valence-electron chi connectivity index (χ1n) is 6.48. The normalized spacial score (nSPS) is 14.2. The number of amides is 1. The SMILES string of the molecule is NC(=O)c1ccc(CSC(=S)N2CCCC2)c([N+](=O)[O-])c1. The third kappa shape index (κ3) is 3.92. The smallest absolute Gasteiger partial charge is 0.274 e. The first kappa shape index (κ1) is 15.7. The molecular weight excluding hydrogens is 310 g/mol. The number of thioether (sulfide) groups is 1. The Kier molecular flexibility index (Phi) is 5.13. The summed E-state index contributed by atoms with van der Waals surface area (Å²) in [5.74, 6) is -0.269. The van der Waals surface area contributed by atoms with E-state index in [1.54, 1.807) is 6.07 Å². The average Bonchev–Trinajstić information content (AvgIpc) is 2.98. The third-order valence-electron chi connectivity index (χ3n) is 3.28. The highest BCUT2D eigenvalue weighted by Gasteiger charge is 2.19. The number of primary amides is 1. The van der Waals surface area contributed by atoms with E-state index in [2.05, 4.69) is 4.90 Å². The predicted molar refractivity (Wildman–Crippen MR) is 86.3 cm³/mol. The van der Waals surface area contributed by atoms with Gasteiger partial charge in [-0.2, -0.15) is 0 Å². The van der Waals surface area contributed by atoms with Crippen LogP contribution in [-0.2, 0) is 5.75 Å². The van der Waals surface area contributed by atoms with Crippen LogP contribution in [0.4, 0.5) is 5.69 Å². The third-order valence-corrected chi connectivity index (χ3v) is 4.85. The van der Waals surface area contributed by atoms with Crippen molar-refractivity contribution >= 4 is 39.9 Å². The Morgan fingerprint density at radius 3 is 2.67 bits per heavy atom. The van der Waals surface area contributed by atoms with Gasteiger partial charge in [0.05, 0.1) is 4.92 Å². The summed E-state index contributed by atoms with van der Waals surface area (Å²) in [6.07, 6.45) is 2.27. The standard InChI is InChI=1S/C13H15N3O3S2/c14-12(17)9-3-4-10(11(7-9)16(18)19)8-21-13(20)15-5-1-2-6-15/h3-4,7H,1-2,5-6,8H2,(H2,14,17). The van der Waals surface area contributed by atoms with E-state index < -0.39 is 10.8 Å². The summed E-state index contributed by atoms with van der Waals surface area (Å²) in [6, 6.07) is 4.29. The highest BCUT2D eigenvalue weighted by atomic mass is 32.2. The van der Waals surface area contributed by atoms with E-state index in [4.69, 9.17) is 18.0 Å². The van der Waals surface area contributed by atoms with Crippen molar-refractivity contribution in [2.75, 3.05) is 13.1 Å². The van der Waals surface area contributed by atoms with Crippen LogP contribution < -0.4 is 5.73 Å². The number of carbonyl (C=O) groups is 1. The number of nitro groups is 1. The van der Waals surface area contributed by atoms with Gasteiger partial charge >= 0.3 is 0 Å². The first-order chi connectivity index (χ1) is 9.99. The van der Waals surface area contributed by atoms with Gasteiger partial charge in [-0.1, -0.05) is 30.0 Å². The number of carbonyl (C=O) groups excluding carboxylic acids is 1. The summed E-state index contributed by atoms with van der Waals surface area (Å²) >= 11 is 6.74. The summed E-state index contributed by atoms with van der Waals surface area (Å²) in [7, 11) is 0. The Morgan fingerprint density at radius 2 is 2.10 bits per heavy atom. The second-order valence-corrected chi connectivity index (χ2v) is 6.32. The largest absolute Gasteiger partial charge is 0.366 e. The van der Waals surface area contributed by atoms with E-state index in [0.717, 1.165) is 30.3 Å². The molecule has 1 aliphatic rings. The second-order valence-electron chi connectivity index (χ2n) is 4.71. The van der Waals surface area contributed by atoms with Gasteiger partial charge in [0, 0.05) is 36.0 Å². The molecule has 0 unspecified atom stereocenters. The first-order valence-corrected chi connectivity index (χ1v) is 7.87. The van der Waals surface area contributed by atoms with Crippen LogP contribution in [0.25, 0.3) is 0 Å². The summed E-state index contributed by atoms with van der Waals surface area (Å²) in [5.41, 5.74) is 5.72. The van der Waals surface area contributed by atoms with Gasteiger partial charge in [-0.15, -0.1) is 0 Å². The average molecular weight is 325 g/mol. The maximum Gasteiger partial charge on any atom is 0.274 e. The fourth-order valence-electron chi connectivity index (χ4n) is 2.14. The lowest BCUT2D eigenvalue weighted by molar-refractivity contribution is -0.385. The molecule has 2 rings (SSSR count). The Labute approximate surface area is 131 Å². The van der Waals surface area contributed by atoms with Crippen molar-refractivity contribution in [2.24, 2.45) is 5.73 Å². The van der Waals surface area contributed by atoms with E-state index in [-0.39, 0.29) is 11.3 Å². The van der Waals surface area contributed by atoms with E-state index in [0.29, 0.717) is 11.3 Å². The zero-order valence-electron chi connectivity index (χ0n) is 11.3. The van der Waals surface area contributed by atoms with E-state index >= 15 is 0 Å². The second kappa shape index (κ2) is 6.86. The van der Waals surface area contributed by atoms with Crippen LogP contribution in [0.5, 0.6) is 0 Å². The van der Waals surface area contributed by atoms with Gasteiger partial charge in [-0.05, 0) is 18.9 Å². The molecule has 0 aromatic heterocycles. The lowest BCUT2D eigenvalue weighted by Crippen LogP contribution is -2.23. The van der Waals surface area contributed by atoms with Crippen molar-refractivity contribution in [3.63, 3.8) is 0 Å². The number of thiocarbonyl (C=S) groups is 1. The minimum absolute atomic E-state index is 0.0944. The molecular formula is C13H15N3O3S2. The Bertz CT molecular complexity index is 586. The van der Waals surface area contributed by atoms with Crippen molar-refractivity contribution in [1.29, 1.82) is 0 Å². The molecule has 1 aliphatic heterocycles. The molecule has 6 nitrogen and oxygen atoms in total. The Morgan fingerprint density at radius 1 is 1.43 bits per heavy atom. The molecule has 1 saturated heterocycles. The quantitative estimate of drug-likeness (QED) is 0.519. The highest BCUT2D eigenvalue weighted by Crippen LogP contribution is 2.27. The molecule has 0 bridgehead atoms. The van der Waals surface area contributed by atoms with Crippen LogP contribution >= 0.6 is 24.0 Å². The lowest BCUT2D eigenvalue weighted by atomic mass is 10.1. The Balaban J connectivity index is 2.10. The number of nitro benzene ring substituents is 1.